The summed E-state index contributed by atoms with van der Waals surface area (Å²) in [4.78, 5) is 53.9. The Labute approximate surface area is 383 Å². The first-order valence-corrected chi connectivity index (χ1v) is 23.0. The van der Waals surface area contributed by atoms with E-state index in [0.717, 1.165) is 123 Å². The molecule has 10 rings (SSSR count). The summed E-state index contributed by atoms with van der Waals surface area (Å²) in [5.74, 6) is 4.15. The third-order valence-electron chi connectivity index (χ3n) is 11.7. The van der Waals surface area contributed by atoms with Crippen LogP contribution < -0.4 is 20.4 Å². The standard InChI is InChI=1S/C26H27N7O.C24H24N6S/c1-18-13-21(7-8-27-18)24-6-3-20(15-28-24)16-29-26-23-5-4-22(14-25(23)30-17-31-26)33-11-9-32(10-12-33)19(2)34;1-17-12-19(6-7-25-17)22-5-2-18(14-26-22)15-27-24-21-4-3-20(13-23(21)28-16-29-24)30-8-10-31-11-9-30/h3-8,13-15,17H,9-12,16H2,1-2H3,(H,29,30,31);2-7,12-14,16H,8-11,15H2,1H3,(H,27,28,29). The molecule has 15 heteroatoms. The van der Waals surface area contributed by atoms with Gasteiger partial charge in [0.1, 0.15) is 24.3 Å². The Hall–Kier alpha value is -7.26. The topological polar surface area (TPSA) is 154 Å². The number of benzene rings is 2. The predicted molar refractivity (Wildman–Crippen MR) is 262 cm³/mol. The number of piperazine rings is 1. The van der Waals surface area contributed by atoms with Crippen LogP contribution in [-0.2, 0) is 17.9 Å². The lowest BCUT2D eigenvalue weighted by Gasteiger charge is -2.35. The van der Waals surface area contributed by atoms with Crippen LogP contribution in [0.15, 0.2) is 122 Å². The van der Waals surface area contributed by atoms with E-state index in [1.807, 2.05) is 85.5 Å². The summed E-state index contributed by atoms with van der Waals surface area (Å²) >= 11 is 2.02. The minimum absolute atomic E-state index is 0.138. The summed E-state index contributed by atoms with van der Waals surface area (Å²) in [5, 5.41) is 8.90. The third kappa shape index (κ3) is 10.6. The van der Waals surface area contributed by atoms with Crippen LogP contribution in [0.25, 0.3) is 44.3 Å². The minimum Gasteiger partial charge on any atom is -0.370 e. The van der Waals surface area contributed by atoms with Crippen molar-refractivity contribution in [2.45, 2.75) is 33.9 Å². The zero-order valence-electron chi connectivity index (χ0n) is 36.9. The van der Waals surface area contributed by atoms with Gasteiger partial charge in [0.15, 0.2) is 0 Å². The van der Waals surface area contributed by atoms with Crippen molar-refractivity contribution in [2.75, 3.05) is 71.2 Å². The Morgan fingerprint density at radius 3 is 1.49 bits per heavy atom. The van der Waals surface area contributed by atoms with Crippen LogP contribution in [0.5, 0.6) is 0 Å². The molecule has 2 aliphatic rings. The zero-order chi connectivity index (χ0) is 44.5. The Kier molecular flexibility index (Phi) is 13.3. The molecular formula is C50H51N13OS. The fourth-order valence-corrected chi connectivity index (χ4v) is 8.95. The smallest absolute Gasteiger partial charge is 0.219 e. The molecule has 0 radical (unpaired) electrons. The van der Waals surface area contributed by atoms with E-state index in [9.17, 15) is 4.79 Å². The number of carbonyl (C=O) groups excluding carboxylic acids is 1. The molecular weight excluding hydrogens is 831 g/mol. The number of anilines is 4. The van der Waals surface area contributed by atoms with Crippen LogP contribution in [0.1, 0.15) is 29.4 Å². The summed E-state index contributed by atoms with van der Waals surface area (Å²) in [7, 11) is 0. The van der Waals surface area contributed by atoms with Gasteiger partial charge in [-0.2, -0.15) is 11.8 Å². The first kappa shape index (κ1) is 43.0. The molecule has 6 aromatic heterocycles. The van der Waals surface area contributed by atoms with Crippen molar-refractivity contribution >= 4 is 62.5 Å². The maximum atomic E-state index is 11.6. The SMILES string of the molecule is CC(=O)N1CCN(c2ccc3c(NCc4ccc(-c5ccnc(C)c5)nc4)ncnc3c2)CC1.Cc1cc(-c2ccc(CNc3ncnc4cc(N5CCSCC5)ccc34)cn2)ccn1. The second-order valence-electron chi connectivity index (χ2n) is 16.1. The van der Waals surface area contributed by atoms with Crippen LogP contribution in [0.2, 0.25) is 0 Å². The number of amides is 1. The van der Waals surface area contributed by atoms with E-state index in [4.69, 9.17) is 0 Å². The number of nitrogens with zero attached hydrogens (tertiary/aromatic N) is 11. The van der Waals surface area contributed by atoms with E-state index in [2.05, 4.69) is 109 Å². The van der Waals surface area contributed by atoms with Gasteiger partial charge in [0.2, 0.25) is 5.91 Å². The summed E-state index contributed by atoms with van der Waals surface area (Å²) in [6, 6.07) is 29.0. The number of thioether (sulfide) groups is 1. The molecule has 0 atom stereocenters. The number of hydrogen-bond donors (Lipinski definition) is 2. The largest absolute Gasteiger partial charge is 0.370 e. The summed E-state index contributed by atoms with van der Waals surface area (Å²) in [5.41, 5.74) is 12.4. The van der Waals surface area contributed by atoms with E-state index in [-0.39, 0.29) is 5.91 Å². The third-order valence-corrected chi connectivity index (χ3v) is 12.6. The van der Waals surface area contributed by atoms with Gasteiger partial charge < -0.3 is 25.3 Å². The monoisotopic (exact) mass is 881 g/mol. The number of pyridine rings is 4. The molecule has 8 heterocycles. The average molecular weight is 882 g/mol. The number of fused-ring (bicyclic) bond motifs is 2. The second kappa shape index (κ2) is 20.1. The second-order valence-corrected chi connectivity index (χ2v) is 17.3. The first-order chi connectivity index (χ1) is 31.8. The molecule has 14 nitrogen and oxygen atoms in total. The lowest BCUT2D eigenvalue weighted by atomic mass is 10.1. The molecule has 0 aliphatic carbocycles. The maximum absolute atomic E-state index is 11.6. The summed E-state index contributed by atoms with van der Waals surface area (Å²) in [6.07, 6.45) is 10.6. The molecule has 1 amide bonds. The molecule has 328 valence electrons. The van der Waals surface area contributed by atoms with Gasteiger partial charge in [-0.15, -0.1) is 0 Å². The Bertz CT molecular complexity index is 2900. The fourth-order valence-electron chi connectivity index (χ4n) is 8.05. The van der Waals surface area contributed by atoms with Crippen molar-refractivity contribution < 1.29 is 4.79 Å². The molecule has 2 fully saturated rings. The fraction of sp³-hybridized carbons (Fsp3) is 0.260. The van der Waals surface area contributed by atoms with Crippen molar-refractivity contribution in [3.8, 4) is 22.5 Å². The molecule has 2 N–H and O–H groups in total. The lowest BCUT2D eigenvalue weighted by Crippen LogP contribution is -2.48. The van der Waals surface area contributed by atoms with Gasteiger partial charge in [0, 0.05) is 140 Å². The lowest BCUT2D eigenvalue weighted by molar-refractivity contribution is -0.129. The van der Waals surface area contributed by atoms with Gasteiger partial charge in [-0.3, -0.25) is 24.7 Å². The van der Waals surface area contributed by atoms with Crippen LogP contribution >= 0.6 is 11.8 Å². The molecule has 65 heavy (non-hydrogen) atoms. The number of aromatic nitrogens is 8. The molecule has 0 saturated carbocycles. The van der Waals surface area contributed by atoms with Gasteiger partial charge in [-0.05, 0) is 97.8 Å². The van der Waals surface area contributed by atoms with Gasteiger partial charge in [-0.25, -0.2) is 19.9 Å². The van der Waals surface area contributed by atoms with Gasteiger partial charge in [0.25, 0.3) is 0 Å². The van der Waals surface area contributed by atoms with Gasteiger partial charge >= 0.3 is 0 Å². The average Bonchev–Trinajstić information content (AvgIpc) is 3.35. The molecule has 2 aliphatic heterocycles. The number of nitrogens with one attached hydrogen (secondary N) is 2. The van der Waals surface area contributed by atoms with E-state index >= 15 is 0 Å². The highest BCUT2D eigenvalue weighted by molar-refractivity contribution is 7.99. The van der Waals surface area contributed by atoms with E-state index in [1.54, 1.807) is 25.8 Å². The molecule has 8 aromatic rings. The number of rotatable bonds is 10. The van der Waals surface area contributed by atoms with Gasteiger partial charge in [0.05, 0.1) is 22.4 Å². The van der Waals surface area contributed by atoms with Crippen molar-refractivity contribution in [3.63, 3.8) is 0 Å². The molecule has 2 aromatic carbocycles. The normalized spacial score (nSPS) is 13.9. The van der Waals surface area contributed by atoms with Gasteiger partial charge in [-0.1, -0.05) is 12.1 Å². The van der Waals surface area contributed by atoms with Crippen LogP contribution in [-0.4, -0.2) is 101 Å². The Morgan fingerprint density at radius 2 is 1.05 bits per heavy atom. The number of hydrogen-bond acceptors (Lipinski definition) is 14. The highest BCUT2D eigenvalue weighted by Crippen LogP contribution is 2.29. The van der Waals surface area contributed by atoms with Crippen LogP contribution in [0.4, 0.5) is 23.0 Å². The molecule has 0 spiro atoms. The van der Waals surface area contributed by atoms with Crippen molar-refractivity contribution in [3.05, 3.63) is 145 Å². The highest BCUT2D eigenvalue weighted by atomic mass is 32.2. The van der Waals surface area contributed by atoms with Crippen molar-refractivity contribution in [1.82, 2.24) is 44.8 Å². The van der Waals surface area contributed by atoms with Crippen LogP contribution in [0.3, 0.4) is 0 Å². The van der Waals surface area contributed by atoms with Crippen molar-refractivity contribution in [1.29, 1.82) is 0 Å². The zero-order valence-corrected chi connectivity index (χ0v) is 37.7. The van der Waals surface area contributed by atoms with Crippen LogP contribution in [0, 0.1) is 13.8 Å². The number of carbonyl (C=O) groups is 1. The predicted octanol–water partition coefficient (Wildman–Crippen LogP) is 8.24. The Balaban J connectivity index is 0.000000165. The van der Waals surface area contributed by atoms with E-state index < -0.39 is 0 Å². The summed E-state index contributed by atoms with van der Waals surface area (Å²) < 4.78 is 0. The Morgan fingerprint density at radius 1 is 0.554 bits per heavy atom. The van der Waals surface area contributed by atoms with E-state index in [1.165, 1.54) is 17.2 Å². The highest BCUT2D eigenvalue weighted by Gasteiger charge is 2.20. The molecule has 0 unspecified atom stereocenters. The maximum Gasteiger partial charge on any atom is 0.219 e. The number of aryl methyl sites for hydroxylation is 2. The molecule has 0 bridgehead atoms. The quantitative estimate of drug-likeness (QED) is 0.136. The summed E-state index contributed by atoms with van der Waals surface area (Å²) in [6.45, 7) is 12.2. The van der Waals surface area contributed by atoms with E-state index in [0.29, 0.717) is 13.1 Å². The minimum atomic E-state index is 0.138. The van der Waals surface area contributed by atoms with Crippen molar-refractivity contribution in [2.24, 2.45) is 0 Å². The molecule has 2 saturated heterocycles. The first-order valence-electron chi connectivity index (χ1n) is 21.9.